The van der Waals surface area contributed by atoms with Crippen LogP contribution in [0.25, 0.3) is 0 Å². The molecule has 1 radical (unpaired) electrons. The molecule has 0 aromatic rings. The van der Waals surface area contributed by atoms with E-state index in [0.29, 0.717) is 0 Å². The van der Waals surface area contributed by atoms with Gasteiger partial charge in [0.1, 0.15) is 0 Å². The Morgan fingerprint density at radius 2 is 1.78 bits per heavy atom. The molecule has 1 saturated carbocycles. The predicted molar refractivity (Wildman–Crippen MR) is 39.9 cm³/mol. The first-order valence-electron chi connectivity index (χ1n) is 3.77. The molecule has 0 unspecified atom stereocenters. The second-order valence-corrected chi connectivity index (χ2v) is 3.32. The minimum atomic E-state index is 0.814. The van der Waals surface area contributed by atoms with Gasteiger partial charge >= 0.3 is 0 Å². The van der Waals surface area contributed by atoms with Gasteiger partial charge < -0.3 is 5.73 Å². The summed E-state index contributed by atoms with van der Waals surface area (Å²) >= 11 is 0. The fourth-order valence-electron chi connectivity index (χ4n) is 1.56. The quantitative estimate of drug-likeness (QED) is 0.567. The fourth-order valence-corrected chi connectivity index (χ4v) is 1.56. The summed E-state index contributed by atoms with van der Waals surface area (Å²) in [5.41, 5.74) is 5.52. The molecule has 0 aromatic carbocycles. The van der Waals surface area contributed by atoms with Crippen LogP contribution in [0.3, 0.4) is 0 Å². The zero-order valence-corrected chi connectivity index (χ0v) is 6.35. The van der Waals surface area contributed by atoms with Crippen molar-refractivity contribution in [3.8, 4) is 0 Å². The molecule has 0 saturated heterocycles. The molecule has 9 heavy (non-hydrogen) atoms. The average molecular weight is 126 g/mol. The lowest BCUT2D eigenvalue weighted by Crippen LogP contribution is -2.08. The topological polar surface area (TPSA) is 26.0 Å². The SMILES string of the molecule is C[C@@H]1C[C](CN)C[C@@H]1C. The first kappa shape index (κ1) is 7.07. The van der Waals surface area contributed by atoms with Gasteiger partial charge in [0.15, 0.2) is 0 Å². The van der Waals surface area contributed by atoms with Crippen LogP contribution in [0.1, 0.15) is 26.7 Å². The highest BCUT2D eigenvalue weighted by atomic mass is 14.6. The smallest absolute Gasteiger partial charge is 0.00145 e. The lowest BCUT2D eigenvalue weighted by Gasteiger charge is -2.04. The highest BCUT2D eigenvalue weighted by Crippen LogP contribution is 2.36. The van der Waals surface area contributed by atoms with Crippen molar-refractivity contribution < 1.29 is 0 Å². The molecule has 1 heteroatoms. The van der Waals surface area contributed by atoms with Gasteiger partial charge in [-0.3, -0.25) is 0 Å². The van der Waals surface area contributed by atoms with Crippen LogP contribution in [0.5, 0.6) is 0 Å². The molecule has 1 rings (SSSR count). The Morgan fingerprint density at radius 3 is 2.00 bits per heavy atom. The lowest BCUT2D eigenvalue weighted by molar-refractivity contribution is 0.457. The van der Waals surface area contributed by atoms with Crippen LogP contribution < -0.4 is 5.73 Å². The molecule has 53 valence electrons. The predicted octanol–water partition coefficient (Wildman–Crippen LogP) is 1.59. The number of nitrogens with two attached hydrogens (primary N) is 1. The first-order chi connectivity index (χ1) is 4.24. The summed E-state index contributed by atoms with van der Waals surface area (Å²) in [6.45, 7) is 5.44. The molecule has 2 N–H and O–H groups in total. The summed E-state index contributed by atoms with van der Waals surface area (Å²) < 4.78 is 0. The molecule has 0 bridgehead atoms. The summed E-state index contributed by atoms with van der Waals surface area (Å²) in [6, 6.07) is 0. The molecule has 0 aliphatic heterocycles. The third-order valence-corrected chi connectivity index (χ3v) is 2.48. The van der Waals surface area contributed by atoms with Gasteiger partial charge in [-0.15, -0.1) is 0 Å². The van der Waals surface area contributed by atoms with E-state index in [1.807, 2.05) is 0 Å². The van der Waals surface area contributed by atoms with Crippen LogP contribution in [0.4, 0.5) is 0 Å². The van der Waals surface area contributed by atoms with Crippen molar-refractivity contribution >= 4 is 0 Å². The standard InChI is InChI=1S/C8H16N/c1-6-3-8(5-9)4-7(6)2/h6-7H,3-5,9H2,1-2H3/t6-,7+. The largest absolute Gasteiger partial charge is 0.330 e. The third kappa shape index (κ3) is 1.45. The van der Waals surface area contributed by atoms with E-state index in [0.717, 1.165) is 18.4 Å². The molecule has 1 fully saturated rings. The minimum Gasteiger partial charge on any atom is -0.330 e. The zero-order valence-electron chi connectivity index (χ0n) is 6.35. The van der Waals surface area contributed by atoms with Gasteiger partial charge in [0.25, 0.3) is 0 Å². The van der Waals surface area contributed by atoms with Crippen LogP contribution in [0, 0.1) is 17.8 Å². The van der Waals surface area contributed by atoms with Crippen molar-refractivity contribution in [2.45, 2.75) is 26.7 Å². The van der Waals surface area contributed by atoms with Crippen LogP contribution in [-0.4, -0.2) is 6.54 Å². The summed E-state index contributed by atoms with van der Waals surface area (Å²) in [5.74, 6) is 3.32. The highest BCUT2D eigenvalue weighted by Gasteiger charge is 2.26. The summed E-state index contributed by atoms with van der Waals surface area (Å²) in [5, 5.41) is 0. The van der Waals surface area contributed by atoms with Crippen molar-refractivity contribution in [3.63, 3.8) is 0 Å². The fraction of sp³-hybridized carbons (Fsp3) is 0.875. The number of rotatable bonds is 1. The highest BCUT2D eigenvalue weighted by molar-refractivity contribution is 5.00. The Morgan fingerprint density at radius 1 is 1.33 bits per heavy atom. The van der Waals surface area contributed by atoms with E-state index in [9.17, 15) is 0 Å². The molecule has 0 spiro atoms. The second-order valence-electron chi connectivity index (χ2n) is 3.32. The molecular weight excluding hydrogens is 110 g/mol. The maximum atomic E-state index is 5.52. The van der Waals surface area contributed by atoms with E-state index in [1.165, 1.54) is 12.8 Å². The maximum absolute atomic E-state index is 5.52. The Labute approximate surface area is 57.6 Å². The summed E-state index contributed by atoms with van der Waals surface area (Å²) in [7, 11) is 0. The molecule has 2 atom stereocenters. The van der Waals surface area contributed by atoms with Crippen LogP contribution in [0.2, 0.25) is 0 Å². The average Bonchev–Trinajstić information content (AvgIpc) is 2.13. The molecule has 0 aromatic heterocycles. The molecular formula is C8H16N. The van der Waals surface area contributed by atoms with Gasteiger partial charge in [0.2, 0.25) is 0 Å². The van der Waals surface area contributed by atoms with Gasteiger partial charge in [-0.2, -0.15) is 0 Å². The van der Waals surface area contributed by atoms with E-state index in [2.05, 4.69) is 13.8 Å². The van der Waals surface area contributed by atoms with Crippen molar-refractivity contribution in [1.82, 2.24) is 0 Å². The van der Waals surface area contributed by atoms with E-state index < -0.39 is 0 Å². The van der Waals surface area contributed by atoms with Crippen molar-refractivity contribution in [3.05, 3.63) is 5.92 Å². The van der Waals surface area contributed by atoms with Gasteiger partial charge in [0, 0.05) is 0 Å². The van der Waals surface area contributed by atoms with Gasteiger partial charge in [-0.1, -0.05) is 13.8 Å². The van der Waals surface area contributed by atoms with Crippen LogP contribution in [0.15, 0.2) is 0 Å². The molecule has 1 aliphatic rings. The Kier molecular flexibility index (Phi) is 2.12. The first-order valence-corrected chi connectivity index (χ1v) is 3.77. The van der Waals surface area contributed by atoms with Crippen molar-refractivity contribution in [1.29, 1.82) is 0 Å². The van der Waals surface area contributed by atoms with Crippen molar-refractivity contribution in [2.24, 2.45) is 17.6 Å². The summed E-state index contributed by atoms with van der Waals surface area (Å²) in [4.78, 5) is 0. The maximum Gasteiger partial charge on any atom is -0.00145 e. The minimum absolute atomic E-state index is 0.814. The second kappa shape index (κ2) is 2.70. The zero-order chi connectivity index (χ0) is 6.85. The molecule has 1 aliphatic carbocycles. The number of hydrogen-bond acceptors (Lipinski definition) is 1. The van der Waals surface area contributed by atoms with Crippen LogP contribution >= 0.6 is 0 Å². The third-order valence-electron chi connectivity index (χ3n) is 2.48. The molecule has 1 nitrogen and oxygen atoms in total. The van der Waals surface area contributed by atoms with Gasteiger partial charge in [-0.05, 0) is 37.1 Å². The summed E-state index contributed by atoms with van der Waals surface area (Å²) in [6.07, 6.45) is 2.55. The van der Waals surface area contributed by atoms with Gasteiger partial charge in [0.05, 0.1) is 0 Å². The van der Waals surface area contributed by atoms with Crippen molar-refractivity contribution in [2.75, 3.05) is 6.54 Å². The normalized spacial score (nSPS) is 37.7. The van der Waals surface area contributed by atoms with E-state index in [-0.39, 0.29) is 0 Å². The van der Waals surface area contributed by atoms with Gasteiger partial charge in [-0.25, -0.2) is 0 Å². The number of hydrogen-bond donors (Lipinski definition) is 1. The lowest BCUT2D eigenvalue weighted by atomic mass is 10.0. The monoisotopic (exact) mass is 126 g/mol. The van der Waals surface area contributed by atoms with E-state index in [1.54, 1.807) is 5.92 Å². The Balaban J connectivity index is 2.35. The Bertz CT molecular complexity index is 80.6. The van der Waals surface area contributed by atoms with Crippen LogP contribution in [-0.2, 0) is 0 Å². The van der Waals surface area contributed by atoms with E-state index in [4.69, 9.17) is 5.73 Å². The van der Waals surface area contributed by atoms with E-state index >= 15 is 0 Å². The Hall–Kier alpha value is -0.0400. The molecule has 0 heterocycles. The molecule has 0 amide bonds.